The van der Waals surface area contributed by atoms with E-state index in [-0.39, 0.29) is 23.5 Å². The lowest BCUT2D eigenvalue weighted by Crippen LogP contribution is -2.11. The van der Waals surface area contributed by atoms with Crippen LogP contribution in [0.15, 0.2) is 28.7 Å². The number of ketones is 1. The molecule has 1 aromatic heterocycles. The van der Waals surface area contributed by atoms with Crippen LogP contribution in [0.2, 0.25) is 0 Å². The van der Waals surface area contributed by atoms with Gasteiger partial charge in [-0.3, -0.25) is 4.79 Å². The van der Waals surface area contributed by atoms with Gasteiger partial charge in [0, 0.05) is 18.4 Å². The van der Waals surface area contributed by atoms with E-state index in [1.165, 1.54) is 18.2 Å². The van der Waals surface area contributed by atoms with Crippen molar-refractivity contribution in [3.63, 3.8) is 0 Å². The minimum Gasteiger partial charge on any atom is -0.453 e. The highest BCUT2D eigenvalue weighted by Crippen LogP contribution is 2.23. The monoisotopic (exact) mass is 248 g/mol. The van der Waals surface area contributed by atoms with Crippen molar-refractivity contribution in [2.75, 3.05) is 6.61 Å². The highest BCUT2D eigenvalue weighted by atomic mass is 19.1. The Morgan fingerprint density at radius 3 is 3.06 bits per heavy atom. The van der Waals surface area contributed by atoms with Crippen molar-refractivity contribution in [2.45, 2.75) is 25.4 Å². The molecule has 0 saturated carbocycles. The van der Waals surface area contributed by atoms with E-state index in [2.05, 4.69) is 0 Å². The zero-order valence-electron chi connectivity index (χ0n) is 9.82. The van der Waals surface area contributed by atoms with Crippen molar-refractivity contribution in [2.24, 2.45) is 0 Å². The Morgan fingerprint density at radius 2 is 2.28 bits per heavy atom. The Hall–Kier alpha value is -1.68. The Bertz CT molecular complexity index is 582. The first-order valence-electron chi connectivity index (χ1n) is 6.06. The van der Waals surface area contributed by atoms with Crippen LogP contribution in [0.1, 0.15) is 29.8 Å². The quantitative estimate of drug-likeness (QED) is 0.782. The van der Waals surface area contributed by atoms with Gasteiger partial charge in [0.15, 0.2) is 5.76 Å². The molecule has 1 atom stereocenters. The first kappa shape index (κ1) is 11.4. The molecule has 94 valence electrons. The van der Waals surface area contributed by atoms with Crippen molar-refractivity contribution in [1.82, 2.24) is 0 Å². The second-order valence-electron chi connectivity index (χ2n) is 4.56. The number of hydrogen-bond acceptors (Lipinski definition) is 3. The summed E-state index contributed by atoms with van der Waals surface area (Å²) in [5.74, 6) is -0.133. The summed E-state index contributed by atoms with van der Waals surface area (Å²) in [6, 6.07) is 5.81. The molecule has 1 unspecified atom stereocenters. The maximum Gasteiger partial charge on any atom is 0.200 e. The lowest BCUT2D eigenvalue weighted by atomic mass is 10.1. The first-order valence-corrected chi connectivity index (χ1v) is 6.06. The third-order valence-electron chi connectivity index (χ3n) is 3.19. The molecule has 0 N–H and O–H groups in total. The molecule has 3 rings (SSSR count). The lowest BCUT2D eigenvalue weighted by molar-refractivity contribution is 0.0755. The third kappa shape index (κ3) is 2.16. The number of carbonyl (C=O) groups excluding carboxylic acids is 1. The van der Waals surface area contributed by atoms with Crippen LogP contribution in [0.3, 0.4) is 0 Å². The smallest absolute Gasteiger partial charge is 0.200 e. The number of halogens is 1. The van der Waals surface area contributed by atoms with Crippen LogP contribution in [0, 0.1) is 5.82 Å². The number of ether oxygens (including phenoxy) is 1. The Kier molecular flexibility index (Phi) is 2.88. The van der Waals surface area contributed by atoms with Crippen LogP contribution in [0.4, 0.5) is 4.39 Å². The van der Waals surface area contributed by atoms with E-state index in [0.717, 1.165) is 19.4 Å². The van der Waals surface area contributed by atoms with Crippen LogP contribution in [-0.2, 0) is 4.74 Å². The summed E-state index contributed by atoms with van der Waals surface area (Å²) in [6.07, 6.45) is 2.26. The molecule has 0 bridgehead atoms. The fraction of sp³-hybridized carbons (Fsp3) is 0.357. The molecule has 1 aliphatic heterocycles. The SMILES string of the molecule is O=C(CC1CCCO1)c1cc2cc(F)ccc2o1. The van der Waals surface area contributed by atoms with Gasteiger partial charge in [-0.15, -0.1) is 0 Å². The summed E-state index contributed by atoms with van der Waals surface area (Å²) >= 11 is 0. The first-order chi connectivity index (χ1) is 8.72. The average molecular weight is 248 g/mol. The van der Waals surface area contributed by atoms with Gasteiger partial charge in [0.1, 0.15) is 11.4 Å². The molecule has 4 heteroatoms. The number of Topliss-reactive ketones (excluding diaryl/α,β-unsaturated/α-hetero) is 1. The Balaban J connectivity index is 1.82. The standard InChI is InChI=1S/C14H13FO3/c15-10-3-4-13-9(6-10)7-14(18-13)12(16)8-11-2-1-5-17-11/h3-4,6-7,11H,1-2,5,8H2. The van der Waals surface area contributed by atoms with Crippen LogP contribution < -0.4 is 0 Å². The zero-order valence-corrected chi connectivity index (χ0v) is 9.82. The third-order valence-corrected chi connectivity index (χ3v) is 3.19. The second kappa shape index (κ2) is 4.53. The molecule has 0 spiro atoms. The molecular weight excluding hydrogens is 235 g/mol. The van der Waals surface area contributed by atoms with Crippen LogP contribution in [-0.4, -0.2) is 18.5 Å². The average Bonchev–Trinajstić information content (AvgIpc) is 2.96. The molecule has 2 aromatic rings. The van der Waals surface area contributed by atoms with Crippen molar-refractivity contribution in [3.05, 3.63) is 35.8 Å². The fourth-order valence-electron chi connectivity index (χ4n) is 2.26. The molecule has 2 heterocycles. The number of fused-ring (bicyclic) bond motifs is 1. The molecule has 3 nitrogen and oxygen atoms in total. The van der Waals surface area contributed by atoms with Gasteiger partial charge < -0.3 is 9.15 Å². The van der Waals surface area contributed by atoms with Crippen LogP contribution >= 0.6 is 0 Å². The lowest BCUT2D eigenvalue weighted by Gasteiger charge is -2.05. The summed E-state index contributed by atoms with van der Waals surface area (Å²) in [4.78, 5) is 12.0. The summed E-state index contributed by atoms with van der Waals surface area (Å²) in [6.45, 7) is 0.725. The Labute approximate surface area is 104 Å². The normalized spacial score (nSPS) is 19.5. The number of rotatable bonds is 3. The number of benzene rings is 1. The van der Waals surface area contributed by atoms with Crippen molar-refractivity contribution < 1.29 is 18.3 Å². The van der Waals surface area contributed by atoms with Gasteiger partial charge in [-0.05, 0) is 37.1 Å². The maximum atomic E-state index is 13.0. The predicted molar refractivity (Wildman–Crippen MR) is 64.1 cm³/mol. The van der Waals surface area contributed by atoms with E-state index < -0.39 is 0 Å². The van der Waals surface area contributed by atoms with E-state index in [1.54, 1.807) is 6.07 Å². The van der Waals surface area contributed by atoms with Crippen molar-refractivity contribution >= 4 is 16.8 Å². The molecular formula is C14H13FO3. The predicted octanol–water partition coefficient (Wildman–Crippen LogP) is 3.32. The minimum absolute atomic E-state index is 0.00227. The summed E-state index contributed by atoms with van der Waals surface area (Å²) < 4.78 is 23.9. The molecule has 0 amide bonds. The maximum absolute atomic E-state index is 13.0. The van der Waals surface area contributed by atoms with Gasteiger partial charge in [-0.25, -0.2) is 4.39 Å². The second-order valence-corrected chi connectivity index (χ2v) is 4.56. The summed E-state index contributed by atoms with van der Waals surface area (Å²) in [5, 5.41) is 0.616. The van der Waals surface area contributed by atoms with E-state index in [9.17, 15) is 9.18 Å². The topological polar surface area (TPSA) is 39.4 Å². The molecule has 1 saturated heterocycles. The molecule has 0 aliphatic carbocycles. The van der Waals surface area contributed by atoms with Crippen molar-refractivity contribution in [1.29, 1.82) is 0 Å². The summed E-state index contributed by atoms with van der Waals surface area (Å²) in [5.41, 5.74) is 0.534. The Morgan fingerprint density at radius 1 is 1.39 bits per heavy atom. The fourth-order valence-corrected chi connectivity index (χ4v) is 2.26. The van der Waals surface area contributed by atoms with Gasteiger partial charge in [0.25, 0.3) is 0 Å². The van der Waals surface area contributed by atoms with E-state index in [4.69, 9.17) is 9.15 Å². The van der Waals surface area contributed by atoms with E-state index >= 15 is 0 Å². The minimum atomic E-state index is -0.332. The number of furan rings is 1. The summed E-state index contributed by atoms with van der Waals surface area (Å²) in [7, 11) is 0. The van der Waals surface area contributed by atoms with Gasteiger partial charge in [0.2, 0.25) is 5.78 Å². The van der Waals surface area contributed by atoms with Crippen LogP contribution in [0.25, 0.3) is 11.0 Å². The number of carbonyl (C=O) groups is 1. The highest BCUT2D eigenvalue weighted by Gasteiger charge is 2.22. The van der Waals surface area contributed by atoms with Crippen molar-refractivity contribution in [3.8, 4) is 0 Å². The van der Waals surface area contributed by atoms with E-state index in [1.807, 2.05) is 0 Å². The molecule has 0 radical (unpaired) electrons. The zero-order chi connectivity index (χ0) is 12.5. The van der Waals surface area contributed by atoms with Gasteiger partial charge in [0.05, 0.1) is 6.10 Å². The van der Waals surface area contributed by atoms with Gasteiger partial charge >= 0.3 is 0 Å². The largest absolute Gasteiger partial charge is 0.453 e. The molecule has 1 aliphatic rings. The number of hydrogen-bond donors (Lipinski definition) is 0. The molecule has 1 fully saturated rings. The van der Waals surface area contributed by atoms with Gasteiger partial charge in [-0.2, -0.15) is 0 Å². The molecule has 18 heavy (non-hydrogen) atoms. The highest BCUT2D eigenvalue weighted by molar-refractivity contribution is 5.97. The van der Waals surface area contributed by atoms with Crippen LogP contribution in [0.5, 0.6) is 0 Å². The molecule has 1 aromatic carbocycles. The van der Waals surface area contributed by atoms with Gasteiger partial charge in [-0.1, -0.05) is 0 Å². The van der Waals surface area contributed by atoms with E-state index in [0.29, 0.717) is 17.4 Å².